The molecule has 0 saturated heterocycles. The maximum absolute atomic E-state index is 12.7. The fraction of sp³-hybridized carbons (Fsp3) is 0.143. The maximum atomic E-state index is 12.7. The van der Waals surface area contributed by atoms with E-state index in [1.54, 1.807) is 0 Å². The van der Waals surface area contributed by atoms with Crippen LogP contribution in [0.2, 0.25) is 0 Å². The lowest BCUT2D eigenvalue weighted by molar-refractivity contribution is -0.0498. The molecule has 0 atom stereocenters. The molecule has 0 bridgehead atoms. The van der Waals surface area contributed by atoms with Gasteiger partial charge in [0.1, 0.15) is 18.1 Å². The average Bonchev–Trinajstić information content (AvgIpc) is 2.57. The zero-order valence-corrected chi connectivity index (χ0v) is 12.1. The van der Waals surface area contributed by atoms with Crippen molar-refractivity contribution in [3.8, 4) is 11.8 Å². The van der Waals surface area contributed by atoms with Gasteiger partial charge in [-0.1, -0.05) is 0 Å². The molecule has 24 heavy (non-hydrogen) atoms. The van der Waals surface area contributed by atoms with Crippen molar-refractivity contribution in [2.75, 3.05) is 11.9 Å². The molecule has 0 aliphatic carbocycles. The van der Waals surface area contributed by atoms with Gasteiger partial charge in [-0.05, 0) is 24.3 Å². The fourth-order valence-electron chi connectivity index (χ4n) is 1.52. The first kappa shape index (κ1) is 17.2. The summed E-state index contributed by atoms with van der Waals surface area (Å²) in [6, 6.07) is 5.70. The zero-order valence-electron chi connectivity index (χ0n) is 12.1. The van der Waals surface area contributed by atoms with Gasteiger partial charge in [0.25, 0.3) is 0 Å². The minimum atomic E-state index is -2.89. The normalized spacial score (nSPS) is 11.2. The highest BCUT2D eigenvalue weighted by Crippen LogP contribution is 2.18. The molecule has 0 aliphatic heterocycles. The second-order valence-electron chi connectivity index (χ2n) is 4.27. The highest BCUT2D eigenvalue weighted by molar-refractivity contribution is 5.48. The van der Waals surface area contributed by atoms with Crippen LogP contribution < -0.4 is 14.8 Å². The van der Waals surface area contributed by atoms with Crippen LogP contribution in [-0.4, -0.2) is 23.2 Å². The predicted octanol–water partition coefficient (Wildman–Crippen LogP) is 3.58. The van der Waals surface area contributed by atoms with Gasteiger partial charge < -0.3 is 14.8 Å². The van der Waals surface area contributed by atoms with Gasteiger partial charge in [-0.3, -0.25) is 0 Å². The Labute approximate surface area is 134 Å². The van der Waals surface area contributed by atoms with Gasteiger partial charge in [0, 0.05) is 11.9 Å². The molecule has 0 fully saturated rings. The molecule has 0 saturated carbocycles. The number of aromatic nitrogens is 2. The smallest absolute Gasteiger partial charge is 0.387 e. The molecule has 0 aliphatic rings. The minimum absolute atomic E-state index is 0.0294. The van der Waals surface area contributed by atoms with E-state index in [9.17, 15) is 13.2 Å². The fourth-order valence-corrected chi connectivity index (χ4v) is 1.52. The summed E-state index contributed by atoms with van der Waals surface area (Å²) in [5.74, 6) is -0.564. The lowest BCUT2D eigenvalue weighted by Gasteiger charge is -2.07. The summed E-state index contributed by atoms with van der Waals surface area (Å²) in [5, 5.41) is 6.08. The molecule has 2 aromatic rings. The van der Waals surface area contributed by atoms with E-state index < -0.39 is 12.4 Å². The topological polar surface area (TPSA) is 92.5 Å². The minimum Gasteiger partial charge on any atom is -0.457 e. The Bertz CT molecular complexity index is 693. The van der Waals surface area contributed by atoms with E-state index in [1.807, 2.05) is 0 Å². The van der Waals surface area contributed by atoms with Gasteiger partial charge in [0.2, 0.25) is 0 Å². The van der Waals surface area contributed by atoms with Crippen molar-refractivity contribution < 1.29 is 22.6 Å². The molecular weight excluding hydrogens is 327 g/mol. The van der Waals surface area contributed by atoms with E-state index in [2.05, 4.69) is 25.1 Å². The average molecular weight is 339 g/mol. The molecule has 7 nitrogen and oxygen atoms in total. The Morgan fingerprint density at radius 3 is 2.50 bits per heavy atom. The Hall–Kier alpha value is -3.17. The molecule has 1 aromatic carbocycles. The Morgan fingerprint density at radius 1 is 1.25 bits per heavy atom. The molecule has 2 rings (SSSR count). The number of ether oxygens (including phenoxy) is 2. The molecule has 2 N–H and O–H groups in total. The van der Waals surface area contributed by atoms with Crippen molar-refractivity contribution >= 4 is 5.69 Å². The van der Waals surface area contributed by atoms with E-state index in [0.717, 1.165) is 12.4 Å². The second kappa shape index (κ2) is 8.46. The first-order chi connectivity index (χ1) is 11.6. The predicted molar refractivity (Wildman–Crippen MR) is 77.4 cm³/mol. The van der Waals surface area contributed by atoms with Crippen LogP contribution in [0.25, 0.3) is 0 Å². The van der Waals surface area contributed by atoms with Crippen LogP contribution in [0.3, 0.4) is 0 Å². The molecule has 0 unspecified atom stereocenters. The van der Waals surface area contributed by atoms with Crippen LogP contribution >= 0.6 is 0 Å². The standard InChI is InChI=1S/C14H12F3N5O2/c15-9-5-20-14(21-6-9)23-8-11(22-18)7-19-10-1-3-12(4-2-10)24-13(16)17/h1-7,13,18-19H,8H2/b11-7-,22-18?. The van der Waals surface area contributed by atoms with Crippen LogP contribution in [0.5, 0.6) is 11.8 Å². The van der Waals surface area contributed by atoms with Crippen LogP contribution in [0.4, 0.5) is 18.9 Å². The molecule has 1 aromatic heterocycles. The first-order valence-electron chi connectivity index (χ1n) is 6.55. The number of halogens is 3. The lowest BCUT2D eigenvalue weighted by atomic mass is 10.3. The molecule has 0 amide bonds. The van der Waals surface area contributed by atoms with E-state index in [-0.39, 0.29) is 24.1 Å². The van der Waals surface area contributed by atoms with Crippen LogP contribution in [-0.2, 0) is 0 Å². The number of nitrogens with one attached hydrogen (secondary N) is 2. The number of rotatable bonds is 8. The number of nitrogens with zero attached hydrogens (tertiary/aromatic N) is 3. The summed E-state index contributed by atoms with van der Waals surface area (Å²) in [4.78, 5) is 7.20. The Kier molecular flexibility index (Phi) is 6.06. The monoisotopic (exact) mass is 339 g/mol. The molecule has 0 radical (unpaired) electrons. The SMILES string of the molecule is N=N/C(=C\Nc1ccc(OC(F)F)cc1)COc1ncc(F)cn1. The summed E-state index contributed by atoms with van der Waals surface area (Å²) in [6.45, 7) is -3.00. The number of hydrogen-bond donors (Lipinski definition) is 2. The van der Waals surface area contributed by atoms with Crippen molar-refractivity contribution in [2.45, 2.75) is 6.61 Å². The third-order valence-corrected chi connectivity index (χ3v) is 2.57. The quantitative estimate of drug-likeness (QED) is 0.717. The van der Waals surface area contributed by atoms with Crippen LogP contribution in [0.15, 0.2) is 53.7 Å². The largest absolute Gasteiger partial charge is 0.457 e. The van der Waals surface area contributed by atoms with Crippen LogP contribution in [0, 0.1) is 11.3 Å². The second-order valence-corrected chi connectivity index (χ2v) is 4.27. The van der Waals surface area contributed by atoms with Crippen molar-refractivity contribution in [1.29, 1.82) is 5.53 Å². The van der Waals surface area contributed by atoms with E-state index in [0.29, 0.717) is 5.69 Å². The number of anilines is 1. The number of alkyl halides is 2. The van der Waals surface area contributed by atoms with Crippen molar-refractivity contribution in [3.05, 3.63) is 54.4 Å². The number of hydrogen-bond acceptors (Lipinski definition) is 7. The third kappa shape index (κ3) is 5.55. The molecule has 1 heterocycles. The highest BCUT2D eigenvalue weighted by Gasteiger charge is 2.04. The summed E-state index contributed by atoms with van der Waals surface area (Å²) < 4.78 is 46.1. The summed E-state index contributed by atoms with van der Waals surface area (Å²) in [5.41, 5.74) is 7.84. The number of benzene rings is 1. The highest BCUT2D eigenvalue weighted by atomic mass is 19.3. The maximum Gasteiger partial charge on any atom is 0.387 e. The molecular formula is C14H12F3N5O2. The van der Waals surface area contributed by atoms with E-state index in [4.69, 9.17) is 10.3 Å². The van der Waals surface area contributed by atoms with Crippen molar-refractivity contribution in [1.82, 2.24) is 9.97 Å². The third-order valence-electron chi connectivity index (χ3n) is 2.57. The summed E-state index contributed by atoms with van der Waals surface area (Å²) in [6.07, 6.45) is 3.29. The van der Waals surface area contributed by atoms with E-state index in [1.165, 1.54) is 30.5 Å². The lowest BCUT2D eigenvalue weighted by Crippen LogP contribution is -2.04. The van der Waals surface area contributed by atoms with Crippen molar-refractivity contribution in [3.63, 3.8) is 0 Å². The Balaban J connectivity index is 1.90. The van der Waals surface area contributed by atoms with Gasteiger partial charge in [0.15, 0.2) is 5.82 Å². The van der Waals surface area contributed by atoms with Gasteiger partial charge in [-0.25, -0.2) is 19.9 Å². The summed E-state index contributed by atoms with van der Waals surface area (Å²) in [7, 11) is 0. The molecule has 126 valence electrons. The molecule has 10 heteroatoms. The van der Waals surface area contributed by atoms with Gasteiger partial charge in [-0.15, -0.1) is 0 Å². The van der Waals surface area contributed by atoms with Gasteiger partial charge in [0.05, 0.1) is 12.4 Å². The van der Waals surface area contributed by atoms with Gasteiger partial charge >= 0.3 is 12.6 Å². The van der Waals surface area contributed by atoms with Gasteiger partial charge in [-0.2, -0.15) is 13.9 Å². The molecule has 0 spiro atoms. The van der Waals surface area contributed by atoms with Crippen molar-refractivity contribution in [2.24, 2.45) is 5.11 Å². The van der Waals surface area contributed by atoms with Crippen LogP contribution in [0.1, 0.15) is 0 Å². The van der Waals surface area contributed by atoms with E-state index >= 15 is 0 Å². The Morgan fingerprint density at radius 2 is 1.92 bits per heavy atom. The summed E-state index contributed by atoms with van der Waals surface area (Å²) >= 11 is 0. The first-order valence-corrected chi connectivity index (χ1v) is 6.55. The zero-order chi connectivity index (χ0) is 17.4.